The molecule has 0 saturated carbocycles. The molecule has 0 amide bonds. The molecule has 0 aliphatic carbocycles. The van der Waals surface area contributed by atoms with Crippen molar-refractivity contribution in [2.75, 3.05) is 11.1 Å². The van der Waals surface area contributed by atoms with Gasteiger partial charge < -0.3 is 21.0 Å². The van der Waals surface area contributed by atoms with E-state index in [0.717, 1.165) is 35.3 Å². The number of rotatable bonds is 6. The Morgan fingerprint density at radius 1 is 1.00 bits per heavy atom. The maximum Gasteiger partial charge on any atom is 0.221 e. The minimum Gasteiger partial charge on any atom is -0.368 e. The van der Waals surface area contributed by atoms with Crippen LogP contribution in [0.15, 0.2) is 60.9 Å². The fraction of sp³-hybridized carbons (Fsp3) is 0.167. The van der Waals surface area contributed by atoms with Crippen molar-refractivity contribution in [1.82, 2.24) is 19.9 Å². The van der Waals surface area contributed by atoms with Gasteiger partial charge in [-0.3, -0.25) is 0 Å². The van der Waals surface area contributed by atoms with Crippen molar-refractivity contribution in [3.63, 3.8) is 0 Å². The van der Waals surface area contributed by atoms with Crippen LogP contribution in [-0.2, 0) is 19.4 Å². The van der Waals surface area contributed by atoms with Gasteiger partial charge in [-0.2, -0.15) is 4.98 Å². The lowest BCUT2D eigenvalue weighted by molar-refractivity contribution is 0.935. The van der Waals surface area contributed by atoms with Gasteiger partial charge >= 0.3 is 0 Å². The van der Waals surface area contributed by atoms with E-state index in [2.05, 4.69) is 80.8 Å². The van der Waals surface area contributed by atoms with Crippen molar-refractivity contribution in [3.8, 4) is 0 Å². The van der Waals surface area contributed by atoms with Crippen molar-refractivity contribution in [2.45, 2.75) is 26.3 Å². The van der Waals surface area contributed by atoms with E-state index in [1.165, 1.54) is 27.6 Å². The first kappa shape index (κ1) is 18.2. The highest BCUT2D eigenvalue weighted by Gasteiger charge is 2.09. The van der Waals surface area contributed by atoms with Crippen LogP contribution >= 0.6 is 0 Å². The second kappa shape index (κ2) is 7.55. The number of anilines is 2. The standard InChI is InChI=1S/C24H24N6/c1-15-10-19-11-16(6-9-21(19)29-15)12-27-23-18(14-28-24(25)30-23)8-7-17-13-26-22-5-3-2-4-20(17)22/h2-6,9-11,13-14,26,29H,7-8,12H2,1H3,(H3,25,27,28,30). The summed E-state index contributed by atoms with van der Waals surface area (Å²) >= 11 is 0. The van der Waals surface area contributed by atoms with Crippen molar-refractivity contribution in [1.29, 1.82) is 0 Å². The molecule has 3 heterocycles. The summed E-state index contributed by atoms with van der Waals surface area (Å²) in [6, 6.07) is 17.0. The molecule has 0 bridgehead atoms. The first-order valence-corrected chi connectivity index (χ1v) is 10.1. The number of fused-ring (bicyclic) bond motifs is 2. The number of nitrogens with one attached hydrogen (secondary N) is 3. The van der Waals surface area contributed by atoms with E-state index in [1.807, 2.05) is 12.3 Å². The van der Waals surface area contributed by atoms with Crippen LogP contribution in [0.3, 0.4) is 0 Å². The van der Waals surface area contributed by atoms with Gasteiger partial charge in [0.05, 0.1) is 0 Å². The Balaban J connectivity index is 1.33. The molecule has 5 N–H and O–H groups in total. The molecule has 0 aliphatic heterocycles. The predicted octanol–water partition coefficient (Wildman–Crippen LogP) is 4.73. The lowest BCUT2D eigenvalue weighted by Crippen LogP contribution is -2.08. The molecule has 0 radical (unpaired) electrons. The second-order valence-electron chi connectivity index (χ2n) is 7.69. The van der Waals surface area contributed by atoms with Gasteiger partial charge in [-0.15, -0.1) is 0 Å². The molecule has 6 heteroatoms. The topological polar surface area (TPSA) is 95.4 Å². The molecule has 30 heavy (non-hydrogen) atoms. The number of aromatic nitrogens is 4. The van der Waals surface area contributed by atoms with Crippen LogP contribution in [0.25, 0.3) is 21.8 Å². The monoisotopic (exact) mass is 396 g/mol. The van der Waals surface area contributed by atoms with Gasteiger partial charge in [0.15, 0.2) is 0 Å². The van der Waals surface area contributed by atoms with Crippen LogP contribution in [0.2, 0.25) is 0 Å². The molecular formula is C24H24N6. The maximum absolute atomic E-state index is 5.87. The Kier molecular flexibility index (Phi) is 4.59. The Hall–Kier alpha value is -3.80. The van der Waals surface area contributed by atoms with Crippen LogP contribution in [-0.4, -0.2) is 19.9 Å². The van der Waals surface area contributed by atoms with Crippen LogP contribution in [0.1, 0.15) is 22.4 Å². The minimum absolute atomic E-state index is 0.282. The van der Waals surface area contributed by atoms with Gasteiger partial charge in [0.25, 0.3) is 0 Å². The summed E-state index contributed by atoms with van der Waals surface area (Å²) in [6.45, 7) is 2.75. The highest BCUT2D eigenvalue weighted by Crippen LogP contribution is 2.22. The summed E-state index contributed by atoms with van der Waals surface area (Å²) in [4.78, 5) is 15.4. The Morgan fingerprint density at radius 3 is 2.80 bits per heavy atom. The number of aryl methyl sites for hydroxylation is 3. The Labute approximate surface area is 174 Å². The molecule has 0 spiro atoms. The molecule has 0 unspecified atom stereocenters. The molecular weight excluding hydrogens is 372 g/mol. The van der Waals surface area contributed by atoms with Crippen molar-refractivity contribution >= 4 is 33.6 Å². The minimum atomic E-state index is 0.282. The van der Waals surface area contributed by atoms with Crippen LogP contribution < -0.4 is 11.1 Å². The third-order valence-corrected chi connectivity index (χ3v) is 5.50. The summed E-state index contributed by atoms with van der Waals surface area (Å²) in [5.41, 5.74) is 12.9. The molecule has 0 aliphatic rings. The zero-order chi connectivity index (χ0) is 20.5. The molecule has 6 nitrogen and oxygen atoms in total. The first-order chi connectivity index (χ1) is 14.7. The second-order valence-corrected chi connectivity index (χ2v) is 7.69. The van der Waals surface area contributed by atoms with E-state index in [9.17, 15) is 0 Å². The van der Waals surface area contributed by atoms with E-state index in [-0.39, 0.29) is 5.95 Å². The van der Waals surface area contributed by atoms with E-state index >= 15 is 0 Å². The van der Waals surface area contributed by atoms with E-state index in [4.69, 9.17) is 5.73 Å². The highest BCUT2D eigenvalue weighted by molar-refractivity contribution is 5.83. The van der Waals surface area contributed by atoms with Crippen LogP contribution in [0.5, 0.6) is 0 Å². The van der Waals surface area contributed by atoms with E-state index in [1.54, 1.807) is 0 Å². The highest BCUT2D eigenvalue weighted by atomic mass is 15.1. The molecule has 150 valence electrons. The van der Waals surface area contributed by atoms with Gasteiger partial charge in [-0.25, -0.2) is 4.98 Å². The van der Waals surface area contributed by atoms with E-state index < -0.39 is 0 Å². The van der Waals surface area contributed by atoms with Gasteiger partial charge in [0, 0.05) is 46.6 Å². The molecule has 5 aromatic rings. The van der Waals surface area contributed by atoms with Crippen molar-refractivity contribution < 1.29 is 0 Å². The van der Waals surface area contributed by atoms with Crippen molar-refractivity contribution in [2.24, 2.45) is 0 Å². The summed E-state index contributed by atoms with van der Waals surface area (Å²) in [7, 11) is 0. The summed E-state index contributed by atoms with van der Waals surface area (Å²) < 4.78 is 0. The lowest BCUT2D eigenvalue weighted by Gasteiger charge is -2.11. The quantitative estimate of drug-likeness (QED) is 0.334. The Morgan fingerprint density at radius 2 is 1.87 bits per heavy atom. The summed E-state index contributed by atoms with van der Waals surface area (Å²) in [5.74, 6) is 1.08. The average Bonchev–Trinajstić information content (AvgIpc) is 3.33. The zero-order valence-electron chi connectivity index (χ0n) is 16.9. The zero-order valence-corrected chi connectivity index (χ0v) is 16.9. The van der Waals surface area contributed by atoms with Gasteiger partial charge in [0.2, 0.25) is 5.95 Å². The third-order valence-electron chi connectivity index (χ3n) is 5.50. The lowest BCUT2D eigenvalue weighted by atomic mass is 10.0. The normalized spacial score (nSPS) is 11.4. The Bertz CT molecular complexity index is 1330. The molecule has 0 saturated heterocycles. The summed E-state index contributed by atoms with van der Waals surface area (Å²) in [5, 5.41) is 5.94. The molecule has 0 atom stereocenters. The number of nitrogens with zero attached hydrogens (tertiary/aromatic N) is 2. The maximum atomic E-state index is 5.87. The number of H-pyrrole nitrogens is 2. The van der Waals surface area contributed by atoms with Gasteiger partial charge in [0.1, 0.15) is 5.82 Å². The van der Waals surface area contributed by atoms with Gasteiger partial charge in [-0.05, 0) is 60.5 Å². The van der Waals surface area contributed by atoms with Gasteiger partial charge in [-0.1, -0.05) is 24.3 Å². The van der Waals surface area contributed by atoms with E-state index in [0.29, 0.717) is 6.54 Å². The number of para-hydroxylation sites is 1. The summed E-state index contributed by atoms with van der Waals surface area (Å²) in [6.07, 6.45) is 5.66. The number of benzene rings is 2. The molecule has 0 fully saturated rings. The molecule has 2 aromatic carbocycles. The first-order valence-electron chi connectivity index (χ1n) is 10.1. The fourth-order valence-electron chi connectivity index (χ4n) is 3.99. The van der Waals surface area contributed by atoms with Crippen LogP contribution in [0, 0.1) is 6.92 Å². The fourth-order valence-corrected chi connectivity index (χ4v) is 3.99. The average molecular weight is 396 g/mol. The van der Waals surface area contributed by atoms with Crippen molar-refractivity contribution in [3.05, 3.63) is 83.3 Å². The number of nitrogen functional groups attached to an aromatic ring is 1. The third kappa shape index (κ3) is 3.59. The molecule has 3 aromatic heterocycles. The SMILES string of the molecule is Cc1cc2cc(CNc3nc(N)ncc3CCc3c[nH]c4ccccc34)ccc2[nH]1. The largest absolute Gasteiger partial charge is 0.368 e. The predicted molar refractivity (Wildman–Crippen MR) is 123 cm³/mol. The number of nitrogens with two attached hydrogens (primary N) is 1. The van der Waals surface area contributed by atoms with Crippen LogP contribution in [0.4, 0.5) is 11.8 Å². The molecule has 5 rings (SSSR count). The number of hydrogen-bond acceptors (Lipinski definition) is 4. The number of hydrogen-bond donors (Lipinski definition) is 4. The smallest absolute Gasteiger partial charge is 0.221 e. The number of aromatic amines is 2.